The fourth-order valence-electron chi connectivity index (χ4n) is 13.4. The van der Waals surface area contributed by atoms with Gasteiger partial charge in [0.15, 0.2) is 0 Å². The molecule has 1 aliphatic rings. The van der Waals surface area contributed by atoms with Gasteiger partial charge >= 0.3 is 0 Å². The molecule has 0 amide bonds. The van der Waals surface area contributed by atoms with Crippen LogP contribution in [0.1, 0.15) is 73.6 Å². The first-order valence-electron chi connectivity index (χ1n) is 39.1. The second kappa shape index (κ2) is 42.7. The fraction of sp³-hybridized carbons (Fsp3) is 0.356. The molecule has 5 unspecified atom stereocenters. The zero-order chi connectivity index (χ0) is 84.6. The molecule has 0 aliphatic heterocycles. The monoisotopic (exact) mass is 1610 g/mol. The maximum atomic E-state index is 12.2. The molecular weight excluding hydrogens is 1500 g/mol. The van der Waals surface area contributed by atoms with Crippen molar-refractivity contribution < 1.29 is 9.66 Å². The van der Waals surface area contributed by atoms with Gasteiger partial charge in [-0.2, -0.15) is 0 Å². The van der Waals surface area contributed by atoms with E-state index in [1.54, 1.807) is 30.6 Å². The van der Waals surface area contributed by atoms with Crippen LogP contribution in [0.5, 0.6) is 5.88 Å². The van der Waals surface area contributed by atoms with E-state index >= 15 is 0 Å². The van der Waals surface area contributed by atoms with Crippen LogP contribution in [-0.2, 0) is 45.3 Å². The predicted octanol–water partition coefficient (Wildman–Crippen LogP) is 10.2. The van der Waals surface area contributed by atoms with Crippen LogP contribution in [-0.4, -0.2) is 155 Å². The summed E-state index contributed by atoms with van der Waals surface area (Å²) in [7, 11) is 17.6. The SMILES string of the molecule is CC(CNc1c(NCC(Cc2ccccc2)N(C)C)c(=O)c1=O)C1=CCC=C1.CN(C)C(CNc1c(NCc2cccc([N+](=O)[O-])c2)c(=O)c1=O)Cc1ccccc1.COc1nc(C)cc(C)c1CNc1c(NCC(Cc2ccccc2)N(C)C)c(=O)c1=O.Cc1nc(CNc2c(NCC(Cc3ccccc3)N(C)C)c(=O)c2=O)sc1C. The van der Waals surface area contributed by atoms with Crippen LogP contribution in [0.2, 0.25) is 0 Å². The van der Waals surface area contributed by atoms with E-state index < -0.39 is 48.4 Å². The van der Waals surface area contributed by atoms with Gasteiger partial charge in [0.1, 0.15) is 50.5 Å². The Kier molecular flexibility index (Phi) is 32.5. The van der Waals surface area contributed by atoms with E-state index in [-0.39, 0.29) is 47.8 Å². The highest BCUT2D eigenvalue weighted by Gasteiger charge is 2.28. The van der Waals surface area contributed by atoms with Crippen LogP contribution in [0.15, 0.2) is 214 Å². The minimum Gasteiger partial charge on any atom is -0.481 e. The fourth-order valence-corrected chi connectivity index (χ4v) is 14.3. The highest BCUT2D eigenvalue weighted by Crippen LogP contribution is 2.27. The van der Waals surface area contributed by atoms with Crippen molar-refractivity contribution >= 4 is 62.5 Å². The number of nitrogens with zero attached hydrogens (tertiary/aromatic N) is 7. The molecule has 0 fully saturated rings. The van der Waals surface area contributed by atoms with Gasteiger partial charge in [0.25, 0.3) is 49.1 Å². The van der Waals surface area contributed by atoms with E-state index in [0.717, 1.165) is 64.5 Å². The van der Waals surface area contributed by atoms with Crippen LogP contribution in [0.4, 0.5) is 51.2 Å². The summed E-state index contributed by atoms with van der Waals surface area (Å²) in [4.78, 5) is 125. The number of anilines is 8. The predicted molar refractivity (Wildman–Crippen MR) is 476 cm³/mol. The first-order valence-corrected chi connectivity index (χ1v) is 39.9. The minimum absolute atomic E-state index is 0.0209. The van der Waals surface area contributed by atoms with Crippen molar-refractivity contribution in [1.82, 2.24) is 29.6 Å². The molecule has 11 aromatic rings. The quantitative estimate of drug-likeness (QED) is 0.0101. The van der Waals surface area contributed by atoms with Gasteiger partial charge in [-0.05, 0) is 167 Å². The standard InChI is InChI=1S/C24H30N4O3.C23H29N3O2.C22H24N4O4.C21H26N4O2S/c1-15-11-16(2)27-24(31-5)19(15)14-26-21-20(22(29)23(21)30)25-13-18(28(3)4)12-17-9-7-6-8-10-17;1-16(18-11-7-8-12-18)14-24-20-21(23(28)22(20)27)25-15-19(26(2)3)13-17-9-5-4-6-10-17;1-25(2)18(11-15-7-4-3-5-8-15)14-24-20-19(21(27)22(20)28)23-13-16-9-6-10-17(12-16)26(29)30;1-13-14(2)28-17(24-13)12-23-19-18(20(26)21(19)27)22-11-16(25(3)4)10-15-8-6-5-7-9-15/h6-11,18,25-26H,12-14H2,1-5H3;4-7,9-12,16,19,24-25H,8,13-15H2,1-3H3;3-10,12,18,23-24H,11,13-14H2,1-2H3;5-9,16,22-23H,10-12H2,1-4H3. The van der Waals surface area contributed by atoms with Gasteiger partial charge in [0.2, 0.25) is 5.88 Å². The van der Waals surface area contributed by atoms with E-state index in [9.17, 15) is 48.5 Å². The van der Waals surface area contributed by atoms with E-state index in [2.05, 4.69) is 146 Å². The summed E-state index contributed by atoms with van der Waals surface area (Å²) in [6, 6.07) is 49.6. The van der Waals surface area contributed by atoms with Crippen molar-refractivity contribution in [3.63, 3.8) is 0 Å². The number of allylic oxidation sites excluding steroid dienone is 3. The van der Waals surface area contributed by atoms with Crippen LogP contribution in [0, 0.1) is 43.7 Å². The second-order valence-electron chi connectivity index (χ2n) is 30.3. The lowest BCUT2D eigenvalue weighted by Crippen LogP contribution is -2.42. The molecule has 616 valence electrons. The number of thiazole rings is 1. The lowest BCUT2D eigenvalue weighted by molar-refractivity contribution is -0.384. The number of nitrogens with one attached hydrogen (secondary N) is 8. The number of pyridine rings is 1. The molecule has 9 aromatic carbocycles. The maximum Gasteiger partial charge on any atom is 0.269 e. The van der Waals surface area contributed by atoms with E-state index in [1.807, 2.05) is 163 Å². The molecule has 5 atom stereocenters. The van der Waals surface area contributed by atoms with Gasteiger partial charge in [-0.15, -0.1) is 11.3 Å². The van der Waals surface area contributed by atoms with E-state index in [1.165, 1.54) is 40.0 Å². The average Bonchev–Trinajstić information content (AvgIpc) is 0.981. The molecule has 0 spiro atoms. The Hall–Kier alpha value is -11.9. The summed E-state index contributed by atoms with van der Waals surface area (Å²) < 4.78 is 5.39. The van der Waals surface area contributed by atoms with Crippen LogP contribution in [0.25, 0.3) is 0 Å². The number of likely N-dealkylation sites (N-methyl/N-ethyl adjacent to an activating group) is 4. The number of ether oxygens (including phenoxy) is 1. The molecule has 27 heteroatoms. The molecule has 0 saturated heterocycles. The Labute approximate surface area is 686 Å². The summed E-state index contributed by atoms with van der Waals surface area (Å²) in [5.74, 6) is 0.817. The summed E-state index contributed by atoms with van der Waals surface area (Å²) >= 11 is 1.60. The van der Waals surface area contributed by atoms with Gasteiger partial charge in [-0.25, -0.2) is 9.97 Å². The number of rotatable bonds is 39. The second-order valence-corrected chi connectivity index (χ2v) is 31.6. The molecular formula is C90H109N15O11S. The number of nitro benzene ring substituents is 1. The van der Waals surface area contributed by atoms with Gasteiger partial charge in [0, 0.05) is 98.2 Å². The Morgan fingerprint density at radius 3 is 1.10 bits per heavy atom. The van der Waals surface area contributed by atoms with Gasteiger partial charge < -0.3 is 66.9 Å². The van der Waals surface area contributed by atoms with Crippen molar-refractivity contribution in [3.05, 3.63) is 328 Å². The first kappa shape index (κ1) is 89.1. The Balaban J connectivity index is 0.000000178. The number of hydrogen-bond acceptors (Lipinski definition) is 26. The van der Waals surface area contributed by atoms with Crippen molar-refractivity contribution in [2.24, 2.45) is 5.92 Å². The van der Waals surface area contributed by atoms with Crippen LogP contribution in [0.3, 0.4) is 0 Å². The Morgan fingerprint density at radius 1 is 0.436 bits per heavy atom. The number of methoxy groups -OCH3 is 1. The molecule has 8 N–H and O–H groups in total. The zero-order valence-electron chi connectivity index (χ0n) is 69.3. The Morgan fingerprint density at radius 2 is 0.778 bits per heavy atom. The molecule has 2 aromatic heterocycles. The van der Waals surface area contributed by atoms with E-state index in [4.69, 9.17) is 4.74 Å². The summed E-state index contributed by atoms with van der Waals surface area (Å²) in [6.07, 6.45) is 10.8. The minimum atomic E-state index is -0.576. The van der Waals surface area contributed by atoms with Crippen molar-refractivity contribution in [2.75, 3.05) is 139 Å². The average molecular weight is 1610 g/mol. The molecule has 0 radical (unpaired) electrons. The normalized spacial score (nSPS) is 13.1. The van der Waals surface area contributed by atoms with Gasteiger partial charge in [-0.1, -0.05) is 159 Å². The molecule has 26 nitrogen and oxygen atoms in total. The summed E-state index contributed by atoms with van der Waals surface area (Å²) in [6.45, 7) is 13.9. The van der Waals surface area contributed by atoms with Crippen molar-refractivity contribution in [2.45, 2.75) is 111 Å². The molecule has 1 aliphatic carbocycles. The number of hydrogen-bond donors (Lipinski definition) is 8. The van der Waals surface area contributed by atoms with Crippen molar-refractivity contribution in [3.8, 4) is 5.88 Å². The van der Waals surface area contributed by atoms with Gasteiger partial charge in [-0.3, -0.25) is 48.5 Å². The summed E-state index contributed by atoms with van der Waals surface area (Å²) in [5, 5.41) is 36.9. The smallest absolute Gasteiger partial charge is 0.269 e. The highest BCUT2D eigenvalue weighted by atomic mass is 32.1. The number of non-ortho nitro benzene ring substituents is 1. The highest BCUT2D eigenvalue weighted by molar-refractivity contribution is 7.11. The number of aryl methyl sites for hydroxylation is 4. The van der Waals surface area contributed by atoms with Crippen molar-refractivity contribution in [1.29, 1.82) is 0 Å². The molecule has 117 heavy (non-hydrogen) atoms. The zero-order valence-corrected chi connectivity index (χ0v) is 70.1. The number of nitro groups is 1. The largest absolute Gasteiger partial charge is 0.481 e. The lowest BCUT2D eigenvalue weighted by Gasteiger charge is -2.26. The van der Waals surface area contributed by atoms with Crippen LogP contribution >= 0.6 is 11.3 Å². The summed E-state index contributed by atoms with van der Waals surface area (Å²) in [5.41, 5.74) is 9.45. The third kappa shape index (κ3) is 24.4. The topological polar surface area (TPSA) is 324 Å². The molecule has 0 bridgehead atoms. The van der Waals surface area contributed by atoms with Crippen LogP contribution < -0.4 is 90.7 Å². The molecule has 0 saturated carbocycles. The lowest BCUT2D eigenvalue weighted by atomic mass is 10.0. The van der Waals surface area contributed by atoms with E-state index in [0.29, 0.717) is 97.3 Å². The van der Waals surface area contributed by atoms with Gasteiger partial charge in [0.05, 0.1) is 24.3 Å². The molecule has 2 heterocycles. The maximum absolute atomic E-state index is 12.2. The number of benzene rings is 5. The number of aromatic nitrogens is 2. The molecule has 12 rings (SSSR count). The third-order valence-electron chi connectivity index (χ3n) is 21.0. The third-order valence-corrected chi connectivity index (χ3v) is 22.1. The Bertz CT molecular complexity index is 5440. The first-order chi connectivity index (χ1) is 56.0.